The summed E-state index contributed by atoms with van der Waals surface area (Å²) < 4.78 is 5.65. The molecule has 2 atom stereocenters. The van der Waals surface area contributed by atoms with Gasteiger partial charge >= 0.3 is 5.97 Å². The summed E-state index contributed by atoms with van der Waals surface area (Å²) in [6, 6.07) is -0.848. The predicted molar refractivity (Wildman–Crippen MR) is 147 cm³/mol. The smallest absolute Gasteiger partial charge is 0.307 e. The van der Waals surface area contributed by atoms with Crippen LogP contribution in [0.15, 0.2) is 34.9 Å². The number of ketones is 1. The maximum absolute atomic E-state index is 12.7. The van der Waals surface area contributed by atoms with Crippen molar-refractivity contribution in [3.63, 3.8) is 0 Å². The molecule has 2 N–H and O–H groups in total. The number of ether oxygens (including phenoxy) is 1. The third-order valence-corrected chi connectivity index (χ3v) is 6.28. The highest BCUT2D eigenvalue weighted by Gasteiger charge is 2.28. The molecule has 0 radical (unpaired) electrons. The van der Waals surface area contributed by atoms with Crippen LogP contribution in [0.5, 0.6) is 0 Å². The van der Waals surface area contributed by atoms with E-state index in [9.17, 15) is 19.5 Å². The monoisotopic (exact) mass is 509 g/mol. The number of carboxylic acids is 1. The fourth-order valence-electron chi connectivity index (χ4n) is 3.15. The third-order valence-electron chi connectivity index (χ3n) is 5.24. The second-order valence-corrected chi connectivity index (χ2v) is 11.5. The highest BCUT2D eigenvalue weighted by molar-refractivity contribution is 7.99. The topological polar surface area (TPSA) is 92.7 Å². The van der Waals surface area contributed by atoms with Gasteiger partial charge < -0.3 is 15.2 Å². The highest BCUT2D eigenvalue weighted by atomic mass is 32.2. The molecular weight excluding hydrogens is 462 g/mol. The maximum atomic E-state index is 12.7. The Kier molecular flexibility index (Phi) is 16.6. The Balaban J connectivity index is 4.65. The molecule has 0 saturated heterocycles. The van der Waals surface area contributed by atoms with E-state index in [4.69, 9.17) is 4.74 Å². The van der Waals surface area contributed by atoms with E-state index >= 15 is 0 Å². The zero-order chi connectivity index (χ0) is 27.0. The van der Waals surface area contributed by atoms with Crippen molar-refractivity contribution in [2.24, 2.45) is 5.92 Å². The summed E-state index contributed by atoms with van der Waals surface area (Å²) in [6.45, 7) is 15.4. The van der Waals surface area contributed by atoms with Gasteiger partial charge in [-0.2, -0.15) is 11.8 Å². The molecule has 0 saturated carbocycles. The molecule has 0 spiro atoms. The maximum Gasteiger partial charge on any atom is 0.307 e. The molecule has 0 aliphatic heterocycles. The van der Waals surface area contributed by atoms with Crippen LogP contribution >= 0.6 is 11.8 Å². The number of allylic oxidation sites excluding steroid dienone is 5. The van der Waals surface area contributed by atoms with Crippen molar-refractivity contribution >= 4 is 29.4 Å². The van der Waals surface area contributed by atoms with E-state index in [1.807, 2.05) is 20.8 Å². The highest BCUT2D eigenvalue weighted by Crippen LogP contribution is 2.18. The number of hydrogen-bond acceptors (Lipinski definition) is 5. The first-order valence-corrected chi connectivity index (χ1v) is 13.6. The number of Topliss-reactive ketones (excluding diaryl/α,β-unsaturated/α-hetero) is 1. The lowest BCUT2D eigenvalue weighted by Crippen LogP contribution is -2.45. The van der Waals surface area contributed by atoms with Crippen molar-refractivity contribution in [3.05, 3.63) is 34.9 Å². The van der Waals surface area contributed by atoms with Gasteiger partial charge in [0, 0.05) is 24.9 Å². The van der Waals surface area contributed by atoms with Gasteiger partial charge in [-0.3, -0.25) is 14.4 Å². The molecule has 1 amide bonds. The average Bonchev–Trinajstić information content (AvgIpc) is 2.71. The molecular formula is C28H47NO5S. The van der Waals surface area contributed by atoms with Crippen LogP contribution < -0.4 is 5.32 Å². The first-order valence-electron chi connectivity index (χ1n) is 12.4. The van der Waals surface area contributed by atoms with Crippen LogP contribution in [0.4, 0.5) is 0 Å². The second-order valence-electron chi connectivity index (χ2n) is 10.4. The van der Waals surface area contributed by atoms with Gasteiger partial charge in [0.15, 0.2) is 5.78 Å². The minimum Gasteiger partial charge on any atom is -0.481 e. The van der Waals surface area contributed by atoms with E-state index in [2.05, 4.69) is 51.2 Å². The van der Waals surface area contributed by atoms with Crippen LogP contribution in [0.25, 0.3) is 0 Å². The van der Waals surface area contributed by atoms with Gasteiger partial charge in [-0.15, -0.1) is 0 Å². The molecule has 7 heteroatoms. The van der Waals surface area contributed by atoms with E-state index in [0.717, 1.165) is 25.7 Å². The molecule has 35 heavy (non-hydrogen) atoms. The van der Waals surface area contributed by atoms with E-state index in [0.29, 0.717) is 11.5 Å². The van der Waals surface area contributed by atoms with Crippen molar-refractivity contribution in [2.45, 2.75) is 99.1 Å². The van der Waals surface area contributed by atoms with Crippen LogP contribution in [-0.2, 0) is 19.1 Å². The lowest BCUT2D eigenvalue weighted by Gasteiger charge is -2.25. The van der Waals surface area contributed by atoms with Gasteiger partial charge in [0.25, 0.3) is 0 Å². The summed E-state index contributed by atoms with van der Waals surface area (Å²) in [6.07, 6.45) is 10.7. The molecule has 0 aromatic rings. The van der Waals surface area contributed by atoms with Gasteiger partial charge in [-0.1, -0.05) is 34.9 Å². The molecule has 0 aromatic heterocycles. The molecule has 0 heterocycles. The lowest BCUT2D eigenvalue weighted by molar-refractivity contribution is -0.143. The van der Waals surface area contributed by atoms with Crippen LogP contribution in [-0.4, -0.2) is 52.5 Å². The fourth-order valence-corrected chi connectivity index (χ4v) is 4.23. The van der Waals surface area contributed by atoms with E-state index in [1.54, 1.807) is 0 Å². The van der Waals surface area contributed by atoms with Crippen LogP contribution in [0.2, 0.25) is 0 Å². The molecule has 6 nitrogen and oxygen atoms in total. The number of amides is 1. The Labute approximate surface area is 217 Å². The van der Waals surface area contributed by atoms with Gasteiger partial charge in [0.1, 0.15) is 6.04 Å². The number of hydrogen-bond donors (Lipinski definition) is 2. The molecule has 0 rings (SSSR count). The first kappa shape index (κ1) is 33.1. The second kappa shape index (κ2) is 17.6. The summed E-state index contributed by atoms with van der Waals surface area (Å²) in [7, 11) is 0. The van der Waals surface area contributed by atoms with Crippen molar-refractivity contribution in [3.8, 4) is 0 Å². The minimum atomic E-state index is -1.00. The quantitative estimate of drug-likeness (QED) is 0.181. The molecule has 0 fully saturated rings. The Hall–Kier alpha value is -1.86. The molecule has 200 valence electrons. The largest absolute Gasteiger partial charge is 0.481 e. The van der Waals surface area contributed by atoms with E-state index in [-0.39, 0.29) is 24.7 Å². The molecule has 2 unspecified atom stereocenters. The van der Waals surface area contributed by atoms with Crippen molar-refractivity contribution in [2.75, 3.05) is 18.1 Å². The van der Waals surface area contributed by atoms with E-state index in [1.165, 1.54) is 35.4 Å². The van der Waals surface area contributed by atoms with Crippen molar-refractivity contribution in [1.82, 2.24) is 5.32 Å². The van der Waals surface area contributed by atoms with Crippen LogP contribution in [0.3, 0.4) is 0 Å². The average molecular weight is 510 g/mol. The molecule has 0 bridgehead atoms. The van der Waals surface area contributed by atoms with Crippen LogP contribution in [0, 0.1) is 5.92 Å². The SMILES string of the molecule is CC(=O)NC(COC(C)(C)C)C(=O)CC(CSC/C=C(\C)CC/C=C(\C)CCC=C(C)C)C(=O)O. The number of rotatable bonds is 17. The predicted octanol–water partition coefficient (Wildman–Crippen LogP) is 6.12. The Morgan fingerprint density at radius 2 is 1.51 bits per heavy atom. The number of aliphatic carboxylic acids is 1. The molecule has 0 aliphatic rings. The summed E-state index contributed by atoms with van der Waals surface area (Å²) in [5, 5.41) is 12.2. The van der Waals surface area contributed by atoms with Gasteiger partial charge in [-0.05, 0) is 74.1 Å². The number of nitrogens with one attached hydrogen (secondary N) is 1. The standard InChI is InChI=1S/C28H47NO5S/c1-20(2)11-9-12-21(3)13-10-14-22(4)15-16-35-19-24(27(32)33)17-26(31)25(29-23(5)30)18-34-28(6,7)8/h11,13,15,24-25H,9-10,12,14,16-19H2,1-8H3,(H,29,30)(H,32,33)/b21-13+,22-15+. The minimum absolute atomic E-state index is 0.0200. The fraction of sp³-hybridized carbons (Fsp3) is 0.679. The third kappa shape index (κ3) is 19.1. The zero-order valence-corrected chi connectivity index (χ0v) is 23.8. The summed E-state index contributed by atoms with van der Waals surface area (Å²) in [5.41, 5.74) is 3.57. The van der Waals surface area contributed by atoms with Gasteiger partial charge in [-0.25, -0.2) is 0 Å². The number of thioether (sulfide) groups is 1. The Morgan fingerprint density at radius 1 is 0.943 bits per heavy atom. The molecule has 0 aromatic carbocycles. The Morgan fingerprint density at radius 3 is 2.03 bits per heavy atom. The summed E-state index contributed by atoms with van der Waals surface area (Å²) >= 11 is 1.51. The number of carbonyl (C=O) groups excluding carboxylic acids is 2. The zero-order valence-electron chi connectivity index (χ0n) is 23.0. The van der Waals surface area contributed by atoms with E-state index < -0.39 is 23.5 Å². The number of carboxylic acid groups (broad SMARTS) is 1. The lowest BCUT2D eigenvalue weighted by atomic mass is 10.00. The van der Waals surface area contributed by atoms with Crippen molar-refractivity contribution < 1.29 is 24.2 Å². The Bertz CT molecular complexity index is 773. The van der Waals surface area contributed by atoms with Crippen LogP contribution in [0.1, 0.15) is 87.5 Å². The van der Waals surface area contributed by atoms with Crippen molar-refractivity contribution in [1.29, 1.82) is 0 Å². The normalized spacial score (nSPS) is 14.3. The van der Waals surface area contributed by atoms with Gasteiger partial charge in [0.05, 0.1) is 18.1 Å². The summed E-state index contributed by atoms with van der Waals surface area (Å²) in [5.74, 6) is -1.44. The summed E-state index contributed by atoms with van der Waals surface area (Å²) in [4.78, 5) is 36.0. The number of carbonyl (C=O) groups is 3. The first-order chi connectivity index (χ1) is 16.2. The molecule has 0 aliphatic carbocycles. The van der Waals surface area contributed by atoms with Gasteiger partial charge in [0.2, 0.25) is 5.91 Å².